The highest BCUT2D eigenvalue weighted by Gasteiger charge is 2.17. The van der Waals surface area contributed by atoms with Crippen LogP contribution in [0.3, 0.4) is 0 Å². The lowest BCUT2D eigenvalue weighted by Crippen LogP contribution is -2.11. The van der Waals surface area contributed by atoms with Crippen LogP contribution in [0.15, 0.2) is 54.6 Å². The molecule has 0 spiro atoms. The van der Waals surface area contributed by atoms with Crippen LogP contribution in [-0.2, 0) is 11.3 Å². The molecule has 4 rings (SSSR count). The average molecular weight is 370 g/mol. The molecule has 0 atom stereocenters. The van der Waals surface area contributed by atoms with Crippen molar-refractivity contribution < 1.29 is 9.59 Å². The monoisotopic (exact) mass is 370 g/mol. The van der Waals surface area contributed by atoms with Crippen LogP contribution < -0.4 is 11.1 Å². The Morgan fingerprint density at radius 1 is 1.11 bits per heavy atom. The van der Waals surface area contributed by atoms with Crippen LogP contribution >= 0.6 is 0 Å². The van der Waals surface area contributed by atoms with E-state index in [-0.39, 0.29) is 5.91 Å². The highest BCUT2D eigenvalue weighted by molar-refractivity contribution is 6.17. The number of fused-ring (bicyclic) bond motifs is 3. The van der Waals surface area contributed by atoms with Crippen molar-refractivity contribution in [1.82, 2.24) is 4.57 Å². The fraction of sp³-hybridized carbons (Fsp3) is 0.130. The van der Waals surface area contributed by atoms with Crippen LogP contribution in [0.4, 0.5) is 5.69 Å². The van der Waals surface area contributed by atoms with Crippen molar-refractivity contribution in [3.05, 3.63) is 77.4 Å². The number of carbonyl (C=O) groups is 2. The number of carbonyl (C=O) groups excluding carboxylic acids is 2. The number of aromatic nitrogens is 1. The van der Waals surface area contributed by atoms with Crippen molar-refractivity contribution in [2.75, 3.05) is 5.32 Å². The molecular formula is C23H20N3O2. The Morgan fingerprint density at radius 2 is 1.89 bits per heavy atom. The third kappa shape index (κ3) is 3.01. The maximum absolute atomic E-state index is 12.0. The first-order valence-corrected chi connectivity index (χ1v) is 9.04. The minimum absolute atomic E-state index is 0.116. The van der Waals surface area contributed by atoms with E-state index < -0.39 is 5.91 Å². The van der Waals surface area contributed by atoms with Gasteiger partial charge in [0.05, 0.1) is 17.6 Å². The Balaban J connectivity index is 1.99. The number of nitrogens with two attached hydrogens (primary N) is 1. The fourth-order valence-electron chi connectivity index (χ4n) is 3.68. The number of anilines is 1. The van der Waals surface area contributed by atoms with Gasteiger partial charge < -0.3 is 15.6 Å². The Hall–Kier alpha value is -3.60. The predicted octanol–water partition coefficient (Wildman–Crippen LogP) is 4.01. The SMILES string of the molecule is CC(=O)Nc1ccccc1Cn1c2cc(C)c[c]c2c2c(C(N)=O)cccc21. The predicted molar refractivity (Wildman–Crippen MR) is 111 cm³/mol. The quantitative estimate of drug-likeness (QED) is 0.569. The Labute approximate surface area is 162 Å². The molecule has 0 aliphatic rings. The van der Waals surface area contributed by atoms with Gasteiger partial charge in [-0.25, -0.2) is 0 Å². The first-order valence-electron chi connectivity index (χ1n) is 9.04. The van der Waals surface area contributed by atoms with Gasteiger partial charge in [-0.1, -0.05) is 30.3 Å². The molecule has 1 heterocycles. The van der Waals surface area contributed by atoms with Crippen LogP contribution in [0.5, 0.6) is 0 Å². The molecule has 0 unspecified atom stereocenters. The lowest BCUT2D eigenvalue weighted by Gasteiger charge is -2.13. The molecule has 3 N–H and O–H groups in total. The van der Waals surface area contributed by atoms with Gasteiger partial charge in [0.1, 0.15) is 0 Å². The molecule has 2 amide bonds. The van der Waals surface area contributed by atoms with Crippen molar-refractivity contribution in [3.8, 4) is 0 Å². The largest absolute Gasteiger partial charge is 0.366 e. The molecule has 3 aromatic carbocycles. The maximum Gasteiger partial charge on any atom is 0.249 e. The van der Waals surface area contributed by atoms with E-state index in [0.29, 0.717) is 12.1 Å². The van der Waals surface area contributed by atoms with Crippen LogP contribution in [0.1, 0.15) is 28.4 Å². The maximum atomic E-state index is 12.0. The van der Waals surface area contributed by atoms with E-state index in [4.69, 9.17) is 5.73 Å². The molecule has 5 heteroatoms. The molecule has 0 aliphatic carbocycles. The molecule has 1 radical (unpaired) electrons. The van der Waals surface area contributed by atoms with E-state index in [9.17, 15) is 9.59 Å². The topological polar surface area (TPSA) is 77.1 Å². The van der Waals surface area contributed by atoms with Crippen molar-refractivity contribution in [1.29, 1.82) is 0 Å². The van der Waals surface area contributed by atoms with Gasteiger partial charge in [-0.2, -0.15) is 0 Å². The summed E-state index contributed by atoms with van der Waals surface area (Å²) in [5.74, 6) is -0.577. The summed E-state index contributed by atoms with van der Waals surface area (Å²) < 4.78 is 2.14. The van der Waals surface area contributed by atoms with E-state index in [0.717, 1.165) is 38.6 Å². The Bertz CT molecular complexity index is 1240. The smallest absolute Gasteiger partial charge is 0.249 e. The minimum Gasteiger partial charge on any atom is -0.366 e. The number of hydrogen-bond acceptors (Lipinski definition) is 2. The number of para-hydroxylation sites is 1. The van der Waals surface area contributed by atoms with Crippen LogP contribution in [0, 0.1) is 13.0 Å². The molecule has 0 aliphatic heterocycles. The van der Waals surface area contributed by atoms with Gasteiger partial charge in [0.15, 0.2) is 0 Å². The summed E-state index contributed by atoms with van der Waals surface area (Å²) in [6, 6.07) is 20.6. The standard InChI is InChI=1S/C23H20N3O2/c1-14-10-11-17-21(12-14)26(20-9-5-7-18(22(17)20)23(24)28)13-16-6-3-4-8-19(16)25-15(2)27/h3-10,12H,13H2,1-2H3,(H2,24,28)(H,25,27). The lowest BCUT2D eigenvalue weighted by molar-refractivity contribution is -0.114. The zero-order valence-electron chi connectivity index (χ0n) is 15.7. The number of hydrogen-bond donors (Lipinski definition) is 2. The number of amides is 2. The van der Waals surface area contributed by atoms with Crippen molar-refractivity contribution in [3.63, 3.8) is 0 Å². The molecule has 0 bridgehead atoms. The minimum atomic E-state index is -0.461. The van der Waals surface area contributed by atoms with Gasteiger partial charge in [-0.05, 0) is 48.4 Å². The zero-order chi connectivity index (χ0) is 19.8. The van der Waals surface area contributed by atoms with Gasteiger partial charge in [0, 0.05) is 28.9 Å². The van der Waals surface area contributed by atoms with Crippen LogP contribution in [-0.4, -0.2) is 16.4 Å². The Kier molecular flexibility index (Phi) is 4.35. The highest BCUT2D eigenvalue weighted by Crippen LogP contribution is 2.33. The Morgan fingerprint density at radius 3 is 2.64 bits per heavy atom. The molecule has 5 nitrogen and oxygen atoms in total. The van der Waals surface area contributed by atoms with Crippen LogP contribution in [0.2, 0.25) is 0 Å². The van der Waals surface area contributed by atoms with E-state index >= 15 is 0 Å². The van der Waals surface area contributed by atoms with Crippen molar-refractivity contribution in [2.45, 2.75) is 20.4 Å². The van der Waals surface area contributed by atoms with Gasteiger partial charge in [-0.15, -0.1) is 0 Å². The normalized spacial score (nSPS) is 11.1. The highest BCUT2D eigenvalue weighted by atomic mass is 16.1. The first kappa shape index (κ1) is 17.8. The zero-order valence-corrected chi connectivity index (χ0v) is 15.7. The summed E-state index contributed by atoms with van der Waals surface area (Å²) in [5, 5.41) is 4.56. The summed E-state index contributed by atoms with van der Waals surface area (Å²) in [5.41, 5.74) is 10.8. The van der Waals surface area contributed by atoms with Gasteiger partial charge >= 0.3 is 0 Å². The molecule has 0 fully saturated rings. The number of benzene rings is 3. The number of rotatable bonds is 4. The molecule has 139 valence electrons. The summed E-state index contributed by atoms with van der Waals surface area (Å²) in [4.78, 5) is 23.6. The molecule has 1 aromatic heterocycles. The molecule has 4 aromatic rings. The number of primary amides is 1. The fourth-order valence-corrected chi connectivity index (χ4v) is 3.68. The van der Waals surface area contributed by atoms with E-state index in [1.807, 2.05) is 49.4 Å². The number of aryl methyl sites for hydroxylation is 1. The average Bonchev–Trinajstić information content (AvgIpc) is 2.96. The second-order valence-electron chi connectivity index (χ2n) is 6.93. The van der Waals surface area contributed by atoms with E-state index in [2.05, 4.69) is 22.0 Å². The van der Waals surface area contributed by atoms with Crippen molar-refractivity contribution >= 4 is 39.3 Å². The second-order valence-corrected chi connectivity index (χ2v) is 6.93. The number of nitrogens with one attached hydrogen (secondary N) is 1. The second kappa shape index (κ2) is 6.85. The summed E-state index contributed by atoms with van der Waals surface area (Å²) in [7, 11) is 0. The summed E-state index contributed by atoms with van der Waals surface area (Å²) in [6.45, 7) is 4.04. The third-order valence-electron chi connectivity index (χ3n) is 4.86. The van der Waals surface area contributed by atoms with Crippen molar-refractivity contribution in [2.24, 2.45) is 5.73 Å². The van der Waals surface area contributed by atoms with Gasteiger partial charge in [0.2, 0.25) is 11.8 Å². The number of nitrogens with zero attached hydrogens (tertiary/aromatic N) is 1. The van der Waals surface area contributed by atoms with E-state index in [1.54, 1.807) is 6.07 Å². The summed E-state index contributed by atoms with van der Waals surface area (Å²) in [6.07, 6.45) is 0. The van der Waals surface area contributed by atoms with E-state index in [1.165, 1.54) is 6.92 Å². The van der Waals surface area contributed by atoms with Crippen LogP contribution in [0.25, 0.3) is 21.8 Å². The molecular weight excluding hydrogens is 350 g/mol. The van der Waals surface area contributed by atoms with Gasteiger partial charge in [-0.3, -0.25) is 9.59 Å². The molecule has 0 saturated heterocycles. The lowest BCUT2D eigenvalue weighted by atomic mass is 10.1. The molecule has 0 saturated carbocycles. The molecule has 28 heavy (non-hydrogen) atoms. The third-order valence-corrected chi connectivity index (χ3v) is 4.86. The summed E-state index contributed by atoms with van der Waals surface area (Å²) >= 11 is 0. The first-order chi connectivity index (χ1) is 13.5. The van der Waals surface area contributed by atoms with Gasteiger partial charge in [0.25, 0.3) is 0 Å².